The predicted octanol–water partition coefficient (Wildman–Crippen LogP) is 16.7. The Bertz CT molecular complexity index is 4150. The Labute approximate surface area is 495 Å². The lowest BCUT2D eigenvalue weighted by atomic mass is 9.97. The topological polar surface area (TPSA) is 113 Å². The van der Waals surface area contributed by atoms with E-state index in [0.29, 0.717) is 35.3 Å². The lowest BCUT2D eigenvalue weighted by molar-refractivity contribution is 0.0990. The largest absolute Gasteiger partial charge is 0.507 e. The van der Waals surface area contributed by atoms with E-state index in [0.717, 1.165) is 118 Å². The molecule has 1 unspecified atom stereocenters. The Balaban J connectivity index is 0.000000131. The number of fused-ring (bicyclic) bond motifs is 17. The first-order chi connectivity index (χ1) is 39.9. The second-order valence-corrected chi connectivity index (χ2v) is 25.3. The molecule has 1 atom stereocenters. The first kappa shape index (κ1) is 58.3. The number of phenols is 2. The van der Waals surface area contributed by atoms with E-state index >= 15 is 0 Å². The molecule has 14 rings (SSSR count). The number of aryl methyl sites for hydroxylation is 7. The summed E-state index contributed by atoms with van der Waals surface area (Å²) in [6, 6.07) is 25.5. The van der Waals surface area contributed by atoms with Crippen LogP contribution in [0.2, 0.25) is 0 Å². The van der Waals surface area contributed by atoms with Crippen LogP contribution < -0.4 is 0 Å². The average Bonchev–Trinajstić information content (AvgIpc) is 2.25. The molecule has 1 saturated heterocycles. The molecule has 1 fully saturated rings. The molecule has 1 aliphatic heterocycles. The minimum absolute atomic E-state index is 0. The van der Waals surface area contributed by atoms with E-state index in [9.17, 15) is 24.6 Å². The van der Waals surface area contributed by atoms with Gasteiger partial charge in [-0.3, -0.25) is 14.4 Å². The van der Waals surface area contributed by atoms with Gasteiger partial charge in [-0.2, -0.15) is 0 Å². The van der Waals surface area contributed by atoms with E-state index in [1.807, 2.05) is 12.1 Å². The molecule has 10 nitrogen and oxygen atoms in total. The van der Waals surface area contributed by atoms with E-state index in [2.05, 4.69) is 127 Å². The van der Waals surface area contributed by atoms with Gasteiger partial charge in [0.2, 0.25) is 0 Å². The van der Waals surface area contributed by atoms with Gasteiger partial charge >= 0.3 is 0 Å². The summed E-state index contributed by atoms with van der Waals surface area (Å²) in [5.41, 5.74) is 21.7. The quantitative estimate of drug-likeness (QED) is 0.111. The lowest BCUT2D eigenvalue weighted by Gasteiger charge is -2.20. The lowest BCUT2D eigenvalue weighted by Crippen LogP contribution is -2.26. The van der Waals surface area contributed by atoms with E-state index in [1.54, 1.807) is 12.1 Å². The minimum atomic E-state index is -0.105. The summed E-state index contributed by atoms with van der Waals surface area (Å²) in [5, 5.41) is 28.3. The smallest absolute Gasteiger partial charge is 0.163 e. The number of carbonyl (C=O) groups is 3. The summed E-state index contributed by atoms with van der Waals surface area (Å²) in [7, 11) is 6.47. The van der Waals surface area contributed by atoms with E-state index in [-0.39, 0.29) is 30.5 Å². The van der Waals surface area contributed by atoms with Gasteiger partial charge in [0, 0.05) is 104 Å². The third kappa shape index (κ3) is 10.1. The zero-order chi connectivity index (χ0) is 58.3. The number of hydrogen-bond acceptors (Lipinski definition) is 7. The van der Waals surface area contributed by atoms with Crippen LogP contribution in [0.1, 0.15) is 169 Å². The van der Waals surface area contributed by atoms with Gasteiger partial charge in [0.05, 0.1) is 22.2 Å². The molecule has 436 valence electrons. The maximum Gasteiger partial charge on any atom is 0.163 e. The summed E-state index contributed by atoms with van der Waals surface area (Å²) < 4.78 is 7.15. The van der Waals surface area contributed by atoms with Crippen molar-refractivity contribution in [1.82, 2.24) is 23.5 Å². The van der Waals surface area contributed by atoms with Crippen LogP contribution in [0.3, 0.4) is 0 Å². The van der Waals surface area contributed by atoms with Crippen molar-refractivity contribution in [3.8, 4) is 11.5 Å². The second-order valence-electron chi connectivity index (χ2n) is 25.3. The molecule has 0 spiro atoms. The van der Waals surface area contributed by atoms with Crippen LogP contribution in [-0.2, 0) is 45.3 Å². The molecule has 10 heteroatoms. The molecule has 4 heterocycles. The van der Waals surface area contributed by atoms with Gasteiger partial charge in [-0.05, 0) is 236 Å². The van der Waals surface area contributed by atoms with E-state index < -0.39 is 0 Å². The highest BCUT2D eigenvalue weighted by Gasteiger charge is 2.30. The van der Waals surface area contributed by atoms with Crippen molar-refractivity contribution >= 4 is 99.5 Å². The fourth-order valence-electron chi connectivity index (χ4n) is 15.0. The highest BCUT2D eigenvalue weighted by Crippen LogP contribution is 2.46. The monoisotopic (exact) mass is 1120 g/mol. The zero-order valence-corrected chi connectivity index (χ0v) is 50.0. The third-order valence-corrected chi connectivity index (χ3v) is 19.3. The molecule has 9 aromatic rings. The van der Waals surface area contributed by atoms with Crippen molar-refractivity contribution in [2.45, 2.75) is 151 Å². The predicted molar refractivity (Wildman–Crippen MR) is 351 cm³/mol. The molecular weight excluding hydrogens is 1040 g/mol. The van der Waals surface area contributed by atoms with Crippen LogP contribution in [0.5, 0.6) is 11.5 Å². The minimum Gasteiger partial charge on any atom is -0.507 e. The maximum atomic E-state index is 12.4. The standard InChI is InChI=1S/C25H28N2O2.C24H26N2O.C24H27NO2.CH4/c1-15-6-7-19-18(15)8-9-22-25(19)21-13-20(16(2)28)24(29)14-23(21)27(22)12-10-17-5-4-11-26(17)3;1-15-5-6-18-16(15)7-10-20-23(18)24-19-9-12-22(27)17(19)8-11-21(24)26(20)14-4-13-25(2)3;1-14(2)6-5-11-25-21-10-9-17-15(3)7-8-18(17)24(21)20-12-19(16(4)26)23(27)13-22(20)25;/h8-9,13-14,17,29H,1,4-7,10-12H2,2-3H3;7-8,10-11H,1,4-6,9,12-14H2,2-3H3;9-10,12-14,27H,3,5-8,11H2,1-2,4H3;1H4. The molecule has 6 aromatic carbocycles. The Morgan fingerprint density at radius 3 is 1.44 bits per heavy atom. The van der Waals surface area contributed by atoms with Crippen molar-refractivity contribution in [3.05, 3.63) is 148 Å². The normalized spacial score (nSPS) is 16.4. The Kier molecular flexibility index (Phi) is 16.1. The number of benzene rings is 6. The van der Waals surface area contributed by atoms with Gasteiger partial charge in [-0.25, -0.2) is 0 Å². The fraction of sp³-hybridized carbons (Fsp3) is 0.392. The van der Waals surface area contributed by atoms with Crippen LogP contribution in [0, 0.1) is 5.92 Å². The molecule has 84 heavy (non-hydrogen) atoms. The van der Waals surface area contributed by atoms with Gasteiger partial charge in [0.1, 0.15) is 11.5 Å². The first-order valence-electron chi connectivity index (χ1n) is 30.6. The molecule has 3 aromatic heterocycles. The summed E-state index contributed by atoms with van der Waals surface area (Å²) in [6.45, 7) is 25.3. The van der Waals surface area contributed by atoms with Crippen LogP contribution in [0.15, 0.2) is 92.5 Å². The van der Waals surface area contributed by atoms with Gasteiger partial charge in [-0.15, -0.1) is 0 Å². The Morgan fingerprint density at radius 1 is 0.571 bits per heavy atom. The summed E-state index contributed by atoms with van der Waals surface area (Å²) in [6.07, 6.45) is 14.6. The zero-order valence-electron chi connectivity index (χ0n) is 50.0. The number of hydrogen-bond donors (Lipinski definition) is 2. The number of aromatic nitrogens is 3. The number of Topliss-reactive ketones (excluding diaryl/α,β-unsaturated/α-hetero) is 3. The third-order valence-electron chi connectivity index (χ3n) is 19.3. The number of allylic oxidation sites excluding steroid dienone is 3. The number of ketones is 3. The van der Waals surface area contributed by atoms with Crippen LogP contribution >= 0.6 is 0 Å². The summed E-state index contributed by atoms with van der Waals surface area (Å²) >= 11 is 0. The van der Waals surface area contributed by atoms with Crippen LogP contribution in [0.4, 0.5) is 0 Å². The highest BCUT2D eigenvalue weighted by molar-refractivity contribution is 6.18. The van der Waals surface area contributed by atoms with E-state index in [1.165, 1.54) is 139 Å². The molecule has 0 bridgehead atoms. The molecule has 2 N–H and O–H groups in total. The molecule has 0 radical (unpaired) electrons. The highest BCUT2D eigenvalue weighted by atomic mass is 16.3. The first-order valence-corrected chi connectivity index (χ1v) is 30.6. The molecular formula is C74H85N5O5. The molecule has 4 aliphatic carbocycles. The van der Waals surface area contributed by atoms with Crippen LogP contribution in [0.25, 0.3) is 82.1 Å². The number of carbonyl (C=O) groups excluding carboxylic acids is 3. The fourth-order valence-corrected chi connectivity index (χ4v) is 15.0. The van der Waals surface area contributed by atoms with Crippen LogP contribution in [-0.4, -0.2) is 91.3 Å². The van der Waals surface area contributed by atoms with Crippen molar-refractivity contribution in [2.75, 3.05) is 34.2 Å². The average molecular weight is 1120 g/mol. The summed E-state index contributed by atoms with van der Waals surface area (Å²) in [5.74, 6) is 0.916. The molecule has 0 amide bonds. The number of phenolic OH excluding ortho intramolecular Hbond substituents is 2. The van der Waals surface area contributed by atoms with Gasteiger partial charge < -0.3 is 33.7 Å². The summed E-state index contributed by atoms with van der Waals surface area (Å²) in [4.78, 5) is 41.2. The Hall–Kier alpha value is -7.53. The maximum absolute atomic E-state index is 12.4. The van der Waals surface area contributed by atoms with Gasteiger partial charge in [-0.1, -0.05) is 59.2 Å². The number of aromatic hydroxyl groups is 2. The van der Waals surface area contributed by atoms with Crippen molar-refractivity contribution < 1.29 is 24.6 Å². The van der Waals surface area contributed by atoms with Crippen molar-refractivity contribution in [3.63, 3.8) is 0 Å². The number of nitrogens with zero attached hydrogens (tertiary/aromatic N) is 5. The molecule has 5 aliphatic rings. The van der Waals surface area contributed by atoms with E-state index in [4.69, 9.17) is 0 Å². The second kappa shape index (κ2) is 23.1. The number of rotatable bonds is 13. The van der Waals surface area contributed by atoms with Crippen molar-refractivity contribution in [1.29, 1.82) is 0 Å². The number of likely N-dealkylation sites (tertiary alicyclic amines) is 1. The molecule has 0 saturated carbocycles. The van der Waals surface area contributed by atoms with Crippen molar-refractivity contribution in [2.24, 2.45) is 5.92 Å². The Morgan fingerprint density at radius 2 is 0.988 bits per heavy atom. The van der Waals surface area contributed by atoms with Gasteiger partial charge in [0.25, 0.3) is 0 Å². The SMILES string of the molecule is C.C=C1CCc2c1ccc1c2c2c3c(ccc2n1CCCN(C)C)C(=O)CC3.C=C1CCc2c1ccc1c2c2cc(C(C)=O)c(O)cc2n1CCC1CCCN1C.C=C1CCc2c1ccc1c2c2cc(C(C)=O)c(O)cc2n1CCCC(C)C. The van der Waals surface area contributed by atoms with Gasteiger partial charge in [0.15, 0.2) is 17.3 Å².